The van der Waals surface area contributed by atoms with Gasteiger partial charge in [-0.3, -0.25) is 4.90 Å². The Kier molecular flexibility index (Phi) is 4.49. The maximum Gasteiger partial charge on any atom is 0.413 e. The Bertz CT molecular complexity index is 521. The van der Waals surface area contributed by atoms with Gasteiger partial charge in [0.1, 0.15) is 17.4 Å². The number of rotatable bonds is 2. The summed E-state index contributed by atoms with van der Waals surface area (Å²) in [5, 5.41) is 10.6. The topological polar surface area (TPSA) is 59.0 Å². The number of carbonyl (C=O) groups excluding carboxylic acids is 1. The highest BCUT2D eigenvalue weighted by Gasteiger charge is 2.48. The van der Waals surface area contributed by atoms with E-state index >= 15 is 0 Å². The molecular formula is C17H25NO4. The molecule has 0 saturated carbocycles. The zero-order chi connectivity index (χ0) is 16.5. The average molecular weight is 307 g/mol. The lowest BCUT2D eigenvalue weighted by atomic mass is 10.0. The lowest BCUT2D eigenvalue weighted by Crippen LogP contribution is -2.51. The third-order valence-electron chi connectivity index (χ3n) is 3.61. The Hall–Kier alpha value is -1.59. The van der Waals surface area contributed by atoms with Gasteiger partial charge in [-0.25, -0.2) is 4.79 Å². The van der Waals surface area contributed by atoms with E-state index in [1.165, 1.54) is 4.90 Å². The molecule has 0 aromatic heterocycles. The van der Waals surface area contributed by atoms with Crippen LogP contribution in [-0.4, -0.2) is 40.1 Å². The van der Waals surface area contributed by atoms with Crippen molar-refractivity contribution in [2.75, 3.05) is 6.61 Å². The van der Waals surface area contributed by atoms with E-state index in [0.717, 1.165) is 5.56 Å². The van der Waals surface area contributed by atoms with Gasteiger partial charge in [0.15, 0.2) is 0 Å². The van der Waals surface area contributed by atoms with Crippen molar-refractivity contribution in [3.05, 3.63) is 35.9 Å². The summed E-state index contributed by atoms with van der Waals surface area (Å²) >= 11 is 0. The second-order valence-corrected chi connectivity index (χ2v) is 7.03. The maximum atomic E-state index is 12.5. The molecular weight excluding hydrogens is 282 g/mol. The van der Waals surface area contributed by atoms with Crippen molar-refractivity contribution in [2.45, 2.75) is 58.1 Å². The van der Waals surface area contributed by atoms with Gasteiger partial charge < -0.3 is 14.6 Å². The van der Waals surface area contributed by atoms with Crippen LogP contribution in [-0.2, 0) is 9.47 Å². The molecule has 2 unspecified atom stereocenters. The zero-order valence-corrected chi connectivity index (χ0v) is 13.9. The van der Waals surface area contributed by atoms with Crippen LogP contribution in [0.4, 0.5) is 4.79 Å². The summed E-state index contributed by atoms with van der Waals surface area (Å²) in [6.07, 6.45) is -1.30. The molecule has 5 heteroatoms. The normalized spacial score (nSPS) is 22.5. The first-order valence-corrected chi connectivity index (χ1v) is 7.51. The second-order valence-electron chi connectivity index (χ2n) is 7.03. The molecule has 22 heavy (non-hydrogen) atoms. The number of aliphatic hydroxyl groups is 1. The largest absolute Gasteiger partial charge is 0.444 e. The Labute approximate surface area is 131 Å². The van der Waals surface area contributed by atoms with Crippen molar-refractivity contribution in [1.82, 2.24) is 4.90 Å². The van der Waals surface area contributed by atoms with Gasteiger partial charge in [0.25, 0.3) is 0 Å². The minimum Gasteiger partial charge on any atom is -0.444 e. The SMILES string of the molecule is CC(C)(C)OC(=O)N1C(C(O)c2ccccc2)COC1(C)C. The van der Waals surface area contributed by atoms with Crippen molar-refractivity contribution >= 4 is 6.09 Å². The lowest BCUT2D eigenvalue weighted by Gasteiger charge is -2.36. The predicted octanol–water partition coefficient (Wildman–Crippen LogP) is 3.09. The van der Waals surface area contributed by atoms with Gasteiger partial charge in [-0.2, -0.15) is 0 Å². The summed E-state index contributed by atoms with van der Waals surface area (Å²) in [7, 11) is 0. The molecule has 1 aliphatic heterocycles. The maximum absolute atomic E-state index is 12.5. The molecule has 0 spiro atoms. The Morgan fingerprint density at radius 1 is 1.36 bits per heavy atom. The molecule has 1 heterocycles. The van der Waals surface area contributed by atoms with Gasteiger partial charge >= 0.3 is 6.09 Å². The molecule has 2 rings (SSSR count). The number of ether oxygens (including phenoxy) is 2. The molecule has 1 aromatic rings. The molecule has 1 amide bonds. The van der Waals surface area contributed by atoms with E-state index in [2.05, 4.69) is 0 Å². The molecule has 0 radical (unpaired) electrons. The van der Waals surface area contributed by atoms with Crippen LogP contribution in [0.2, 0.25) is 0 Å². The van der Waals surface area contributed by atoms with Crippen LogP contribution < -0.4 is 0 Å². The van der Waals surface area contributed by atoms with E-state index < -0.39 is 29.6 Å². The first-order chi connectivity index (χ1) is 10.1. The quantitative estimate of drug-likeness (QED) is 0.912. The van der Waals surface area contributed by atoms with Crippen LogP contribution >= 0.6 is 0 Å². The summed E-state index contributed by atoms with van der Waals surface area (Å²) in [6, 6.07) is 8.80. The minimum atomic E-state index is -0.824. The number of aliphatic hydroxyl groups excluding tert-OH is 1. The fourth-order valence-corrected chi connectivity index (χ4v) is 2.60. The van der Waals surface area contributed by atoms with Gasteiger partial charge in [0.05, 0.1) is 12.6 Å². The molecule has 2 atom stereocenters. The molecule has 1 N–H and O–H groups in total. The highest BCUT2D eigenvalue weighted by atomic mass is 16.6. The van der Waals surface area contributed by atoms with E-state index in [9.17, 15) is 9.90 Å². The van der Waals surface area contributed by atoms with Crippen LogP contribution in [0.5, 0.6) is 0 Å². The predicted molar refractivity (Wildman–Crippen MR) is 83.3 cm³/mol. The van der Waals surface area contributed by atoms with Crippen LogP contribution in [0, 0.1) is 0 Å². The molecule has 1 aromatic carbocycles. The monoisotopic (exact) mass is 307 g/mol. The lowest BCUT2D eigenvalue weighted by molar-refractivity contribution is -0.0679. The van der Waals surface area contributed by atoms with Crippen LogP contribution in [0.3, 0.4) is 0 Å². The summed E-state index contributed by atoms with van der Waals surface area (Å²) in [5.74, 6) is 0. The van der Waals surface area contributed by atoms with Crippen LogP contribution in [0.25, 0.3) is 0 Å². The van der Waals surface area contributed by atoms with Gasteiger partial charge in [0, 0.05) is 0 Å². The summed E-state index contributed by atoms with van der Waals surface area (Å²) < 4.78 is 11.2. The summed E-state index contributed by atoms with van der Waals surface area (Å²) in [6.45, 7) is 9.32. The fourth-order valence-electron chi connectivity index (χ4n) is 2.60. The van der Waals surface area contributed by atoms with Crippen molar-refractivity contribution < 1.29 is 19.4 Å². The van der Waals surface area contributed by atoms with Crippen molar-refractivity contribution in [3.63, 3.8) is 0 Å². The number of amides is 1. The van der Waals surface area contributed by atoms with E-state index in [0.29, 0.717) is 0 Å². The van der Waals surface area contributed by atoms with E-state index in [1.54, 1.807) is 13.8 Å². The smallest absolute Gasteiger partial charge is 0.413 e. The number of nitrogens with zero attached hydrogens (tertiary/aromatic N) is 1. The standard InChI is InChI=1S/C17H25NO4/c1-16(2,3)22-15(20)18-13(11-21-17(18,4)5)14(19)12-9-7-6-8-10-12/h6-10,13-14,19H,11H2,1-5H3. The second kappa shape index (κ2) is 5.89. The molecule has 122 valence electrons. The Morgan fingerprint density at radius 3 is 2.50 bits per heavy atom. The van der Waals surface area contributed by atoms with Gasteiger partial charge in [-0.05, 0) is 40.2 Å². The Morgan fingerprint density at radius 2 is 1.95 bits per heavy atom. The van der Waals surface area contributed by atoms with Gasteiger partial charge in [-0.15, -0.1) is 0 Å². The Balaban J connectivity index is 2.25. The first kappa shape index (κ1) is 16.8. The van der Waals surface area contributed by atoms with Crippen LogP contribution in [0.15, 0.2) is 30.3 Å². The molecule has 5 nitrogen and oxygen atoms in total. The number of hydrogen-bond donors (Lipinski definition) is 1. The molecule has 0 bridgehead atoms. The van der Waals surface area contributed by atoms with E-state index in [4.69, 9.17) is 9.47 Å². The van der Waals surface area contributed by atoms with Crippen molar-refractivity contribution in [2.24, 2.45) is 0 Å². The van der Waals surface area contributed by atoms with Crippen molar-refractivity contribution in [3.8, 4) is 0 Å². The molecule has 1 aliphatic rings. The number of carbonyl (C=O) groups is 1. The third kappa shape index (κ3) is 3.59. The van der Waals surface area contributed by atoms with E-state index in [-0.39, 0.29) is 6.61 Å². The minimum absolute atomic E-state index is 0.266. The van der Waals surface area contributed by atoms with Gasteiger partial charge in [0.2, 0.25) is 0 Å². The first-order valence-electron chi connectivity index (χ1n) is 7.51. The highest BCUT2D eigenvalue weighted by Crippen LogP contribution is 2.35. The summed E-state index contributed by atoms with van der Waals surface area (Å²) in [4.78, 5) is 14.0. The highest BCUT2D eigenvalue weighted by molar-refractivity contribution is 5.70. The number of hydrogen-bond acceptors (Lipinski definition) is 4. The average Bonchev–Trinajstić information content (AvgIpc) is 2.72. The molecule has 1 fully saturated rings. The fraction of sp³-hybridized carbons (Fsp3) is 0.588. The third-order valence-corrected chi connectivity index (χ3v) is 3.61. The summed E-state index contributed by atoms with van der Waals surface area (Å²) in [5.41, 5.74) is -0.664. The van der Waals surface area contributed by atoms with E-state index in [1.807, 2.05) is 51.1 Å². The molecule has 0 aliphatic carbocycles. The van der Waals surface area contributed by atoms with Gasteiger partial charge in [-0.1, -0.05) is 30.3 Å². The molecule has 1 saturated heterocycles. The van der Waals surface area contributed by atoms with Crippen LogP contribution in [0.1, 0.15) is 46.3 Å². The van der Waals surface area contributed by atoms with Crippen molar-refractivity contribution in [1.29, 1.82) is 0 Å². The zero-order valence-electron chi connectivity index (χ0n) is 13.9. The number of benzene rings is 1.